The van der Waals surface area contributed by atoms with Crippen molar-refractivity contribution >= 4 is 56.7 Å². The van der Waals surface area contributed by atoms with E-state index in [0.717, 1.165) is 10.0 Å². The fourth-order valence-corrected chi connectivity index (χ4v) is 4.02. The molecule has 1 saturated heterocycles. The van der Waals surface area contributed by atoms with Gasteiger partial charge in [0.15, 0.2) is 5.17 Å². The summed E-state index contributed by atoms with van der Waals surface area (Å²) in [6, 6.07) is 17.1. The first-order chi connectivity index (χ1) is 15.5. The maximum Gasteiger partial charge on any atom is 0.269 e. The van der Waals surface area contributed by atoms with Crippen LogP contribution in [0.4, 0.5) is 5.69 Å². The molecule has 0 saturated carbocycles. The van der Waals surface area contributed by atoms with Gasteiger partial charge >= 0.3 is 0 Å². The number of thioether (sulfide) groups is 1. The zero-order valence-electron chi connectivity index (χ0n) is 16.4. The van der Waals surface area contributed by atoms with E-state index >= 15 is 0 Å². The lowest BCUT2D eigenvalue weighted by atomic mass is 10.2. The zero-order valence-corrected chi connectivity index (χ0v) is 18.8. The number of carbonyl (C=O) groups is 1. The molecule has 0 atom stereocenters. The number of nitrogens with zero attached hydrogens (tertiary/aromatic N) is 4. The Morgan fingerprint density at radius 2 is 1.81 bits per heavy atom. The van der Waals surface area contributed by atoms with Gasteiger partial charge < -0.3 is 4.42 Å². The first-order valence-corrected chi connectivity index (χ1v) is 11.0. The van der Waals surface area contributed by atoms with Gasteiger partial charge in [-0.25, -0.2) is 0 Å². The maximum atomic E-state index is 13.0. The molecule has 32 heavy (non-hydrogen) atoms. The molecule has 0 spiro atoms. The number of hydrogen-bond acceptors (Lipinski definition) is 7. The number of rotatable bonds is 6. The van der Waals surface area contributed by atoms with E-state index in [2.05, 4.69) is 26.1 Å². The zero-order chi connectivity index (χ0) is 22.5. The molecule has 1 amide bonds. The Morgan fingerprint density at radius 3 is 2.47 bits per heavy atom. The van der Waals surface area contributed by atoms with E-state index in [1.54, 1.807) is 36.6 Å². The molecule has 8 nitrogen and oxygen atoms in total. The average molecular weight is 511 g/mol. The van der Waals surface area contributed by atoms with Crippen molar-refractivity contribution in [3.05, 3.63) is 103 Å². The fourth-order valence-electron chi connectivity index (χ4n) is 2.82. The normalized spacial score (nSPS) is 16.5. The first kappa shape index (κ1) is 21.7. The van der Waals surface area contributed by atoms with Crippen molar-refractivity contribution in [2.75, 3.05) is 0 Å². The van der Waals surface area contributed by atoms with Crippen molar-refractivity contribution < 1.29 is 14.1 Å². The number of halogens is 1. The van der Waals surface area contributed by atoms with Crippen LogP contribution in [-0.2, 0) is 11.3 Å². The smallest absolute Gasteiger partial charge is 0.269 e. The topological polar surface area (TPSA) is 101 Å². The second-order valence-corrected chi connectivity index (χ2v) is 8.53. The highest BCUT2D eigenvalue weighted by molar-refractivity contribution is 9.10. The van der Waals surface area contributed by atoms with Crippen LogP contribution in [0.1, 0.15) is 16.9 Å². The van der Waals surface area contributed by atoms with Gasteiger partial charge in [0.1, 0.15) is 5.76 Å². The predicted molar refractivity (Wildman–Crippen MR) is 127 cm³/mol. The minimum atomic E-state index is -0.465. The van der Waals surface area contributed by atoms with Crippen molar-refractivity contribution in [1.29, 1.82) is 0 Å². The van der Waals surface area contributed by atoms with Gasteiger partial charge in [0.2, 0.25) is 0 Å². The molecule has 4 rings (SSSR count). The molecule has 0 N–H and O–H groups in total. The van der Waals surface area contributed by atoms with Crippen LogP contribution in [0.15, 0.2) is 90.9 Å². The molecule has 2 aromatic carbocycles. The highest BCUT2D eigenvalue weighted by Crippen LogP contribution is 2.34. The van der Waals surface area contributed by atoms with Gasteiger partial charge in [-0.2, -0.15) is 5.10 Å². The molecule has 0 aliphatic carbocycles. The molecule has 2 heterocycles. The van der Waals surface area contributed by atoms with E-state index in [4.69, 9.17) is 4.42 Å². The summed E-state index contributed by atoms with van der Waals surface area (Å²) < 4.78 is 6.34. The second kappa shape index (κ2) is 9.75. The third-order valence-electron chi connectivity index (χ3n) is 4.40. The molecule has 1 aliphatic heterocycles. The average Bonchev–Trinajstić information content (AvgIpc) is 3.40. The third kappa shape index (κ3) is 5.21. The minimum absolute atomic E-state index is 0.00208. The van der Waals surface area contributed by atoms with Crippen LogP contribution in [0, 0.1) is 10.1 Å². The molecule has 0 bridgehead atoms. The summed E-state index contributed by atoms with van der Waals surface area (Å²) in [6.45, 7) is 0.225. The van der Waals surface area contributed by atoms with Gasteiger partial charge in [0, 0.05) is 16.6 Å². The summed E-state index contributed by atoms with van der Waals surface area (Å²) >= 11 is 4.62. The summed E-state index contributed by atoms with van der Waals surface area (Å²) in [7, 11) is 0. The van der Waals surface area contributed by atoms with E-state index in [1.807, 2.05) is 24.3 Å². The minimum Gasteiger partial charge on any atom is -0.467 e. The third-order valence-corrected chi connectivity index (χ3v) is 5.93. The fraction of sp³-hybridized carbons (Fsp3) is 0.0455. The SMILES string of the molecule is O=C1/C(=C/c2ccc(Br)cc2)S/C(=N/N=C\c2ccc([N+](=O)[O-])cc2)N1Cc1ccco1. The molecule has 1 fully saturated rings. The van der Waals surface area contributed by atoms with E-state index < -0.39 is 4.92 Å². The number of benzene rings is 2. The number of nitro benzene ring substituents is 1. The van der Waals surface area contributed by atoms with Gasteiger partial charge in [0.25, 0.3) is 11.6 Å². The van der Waals surface area contributed by atoms with Gasteiger partial charge in [-0.15, -0.1) is 5.10 Å². The highest BCUT2D eigenvalue weighted by Gasteiger charge is 2.34. The second-order valence-electron chi connectivity index (χ2n) is 6.61. The van der Waals surface area contributed by atoms with Crippen LogP contribution in [-0.4, -0.2) is 27.1 Å². The Morgan fingerprint density at radius 1 is 1.09 bits per heavy atom. The molecule has 10 heteroatoms. The van der Waals surface area contributed by atoms with Crippen LogP contribution in [0.25, 0.3) is 6.08 Å². The lowest BCUT2D eigenvalue weighted by Crippen LogP contribution is -2.28. The largest absolute Gasteiger partial charge is 0.467 e. The Labute approximate surface area is 195 Å². The molecule has 3 aromatic rings. The van der Waals surface area contributed by atoms with Crippen molar-refractivity contribution in [2.45, 2.75) is 6.54 Å². The van der Waals surface area contributed by atoms with Gasteiger partial charge in [-0.1, -0.05) is 28.1 Å². The van der Waals surface area contributed by atoms with Crippen molar-refractivity contribution in [2.24, 2.45) is 10.2 Å². The van der Waals surface area contributed by atoms with E-state index in [9.17, 15) is 14.9 Å². The maximum absolute atomic E-state index is 13.0. The number of furan rings is 1. The number of amides is 1. The summed E-state index contributed by atoms with van der Waals surface area (Å²) in [5.74, 6) is 0.425. The number of hydrogen-bond donors (Lipinski definition) is 0. The van der Waals surface area contributed by atoms with Gasteiger partial charge in [-0.3, -0.25) is 19.8 Å². The molecular formula is C22H15BrN4O4S. The van der Waals surface area contributed by atoms with E-state index in [0.29, 0.717) is 21.4 Å². The molecule has 1 aliphatic rings. The van der Waals surface area contributed by atoms with Crippen LogP contribution in [0.3, 0.4) is 0 Å². The number of carbonyl (C=O) groups excluding carboxylic acids is 1. The predicted octanol–water partition coefficient (Wildman–Crippen LogP) is 5.46. The Hall–Kier alpha value is -3.50. The van der Waals surface area contributed by atoms with Crippen LogP contribution >= 0.6 is 27.7 Å². The lowest BCUT2D eigenvalue weighted by Gasteiger charge is -2.12. The van der Waals surface area contributed by atoms with E-state index in [-0.39, 0.29) is 18.1 Å². The quantitative estimate of drug-likeness (QED) is 0.189. The number of nitro groups is 1. The van der Waals surface area contributed by atoms with Crippen LogP contribution in [0.5, 0.6) is 0 Å². The van der Waals surface area contributed by atoms with Crippen molar-refractivity contribution in [1.82, 2.24) is 4.90 Å². The molecule has 1 aromatic heterocycles. The molecule has 160 valence electrons. The number of amidine groups is 1. The Balaban J connectivity index is 1.58. The van der Waals surface area contributed by atoms with Crippen LogP contribution in [0.2, 0.25) is 0 Å². The highest BCUT2D eigenvalue weighted by atomic mass is 79.9. The summed E-state index contributed by atoms with van der Waals surface area (Å²) in [5.41, 5.74) is 1.54. The molecular weight excluding hydrogens is 496 g/mol. The molecule has 0 unspecified atom stereocenters. The summed E-state index contributed by atoms with van der Waals surface area (Å²) in [6.07, 6.45) is 4.82. The van der Waals surface area contributed by atoms with Crippen LogP contribution < -0.4 is 0 Å². The Bertz CT molecular complexity index is 1220. The lowest BCUT2D eigenvalue weighted by molar-refractivity contribution is -0.384. The van der Waals surface area contributed by atoms with Crippen molar-refractivity contribution in [3.63, 3.8) is 0 Å². The number of non-ortho nitro benzene ring substituents is 1. The summed E-state index contributed by atoms with van der Waals surface area (Å²) in [5, 5.41) is 19.5. The van der Waals surface area contributed by atoms with E-state index in [1.165, 1.54) is 35.0 Å². The monoisotopic (exact) mass is 510 g/mol. The van der Waals surface area contributed by atoms with Crippen molar-refractivity contribution in [3.8, 4) is 0 Å². The Kier molecular flexibility index (Phi) is 6.62. The summed E-state index contributed by atoms with van der Waals surface area (Å²) in [4.78, 5) is 25.4. The van der Waals surface area contributed by atoms with Gasteiger partial charge in [-0.05, 0) is 65.4 Å². The molecule has 0 radical (unpaired) electrons. The van der Waals surface area contributed by atoms with Gasteiger partial charge in [0.05, 0.1) is 28.9 Å². The first-order valence-electron chi connectivity index (χ1n) is 9.34. The standard InChI is InChI=1S/C22H15BrN4O4S/c23-17-7-3-15(4-8-17)12-20-21(28)26(14-19-2-1-11-31-19)22(32-20)25-24-13-16-5-9-18(10-6-16)27(29)30/h1-13H,14H2/b20-12-,24-13-,25-22+.